The Hall–Kier alpha value is -3.47. The van der Waals surface area contributed by atoms with E-state index in [1.54, 1.807) is 36.7 Å². The fraction of sp³-hybridized carbons (Fsp3) is 0.0500. The summed E-state index contributed by atoms with van der Waals surface area (Å²) in [6.45, 7) is 0.314. The molecule has 122 valence electrons. The molecular weight excluding hydrogens is 316 g/mol. The smallest absolute Gasteiger partial charge is 0.349 e. The molecule has 0 aliphatic heterocycles. The number of amides is 1. The van der Waals surface area contributed by atoms with E-state index in [9.17, 15) is 9.59 Å². The average molecular weight is 330 g/mol. The Morgan fingerprint density at radius 2 is 1.80 bits per heavy atom. The first-order valence-corrected chi connectivity index (χ1v) is 7.85. The van der Waals surface area contributed by atoms with E-state index in [1.807, 2.05) is 30.3 Å². The quantitative estimate of drug-likeness (QED) is 0.462. The number of rotatable bonds is 3. The third kappa shape index (κ3) is 2.87. The van der Waals surface area contributed by atoms with E-state index in [0.717, 1.165) is 21.7 Å². The second kappa shape index (κ2) is 6.20. The number of carbonyl (C=O) groups is 1. The molecule has 0 saturated carbocycles. The number of hydrogen-bond acceptors (Lipinski definition) is 4. The summed E-state index contributed by atoms with van der Waals surface area (Å²) in [5, 5.41) is 5.44. The topological polar surface area (TPSA) is 72.2 Å². The number of aromatic nitrogens is 1. The highest BCUT2D eigenvalue weighted by Gasteiger charge is 2.14. The Morgan fingerprint density at radius 1 is 1.00 bits per heavy atom. The van der Waals surface area contributed by atoms with Gasteiger partial charge < -0.3 is 9.73 Å². The maximum Gasteiger partial charge on any atom is 0.349 e. The number of nitrogens with zero attached hydrogens (tertiary/aromatic N) is 1. The minimum absolute atomic E-state index is 0.00194. The largest absolute Gasteiger partial charge is 0.422 e. The molecule has 0 spiro atoms. The summed E-state index contributed by atoms with van der Waals surface area (Å²) in [4.78, 5) is 28.5. The summed E-state index contributed by atoms with van der Waals surface area (Å²) < 4.78 is 5.35. The molecule has 1 N–H and O–H groups in total. The van der Waals surface area contributed by atoms with Crippen LogP contribution in [0, 0.1) is 0 Å². The zero-order chi connectivity index (χ0) is 17.2. The van der Waals surface area contributed by atoms with Crippen molar-refractivity contribution in [3.05, 3.63) is 88.5 Å². The SMILES string of the molecule is O=C(NCc1ccncc1)c1cc2c(ccc3ccccc32)oc1=O. The zero-order valence-corrected chi connectivity index (χ0v) is 13.2. The summed E-state index contributed by atoms with van der Waals surface area (Å²) in [5.41, 5.74) is 0.723. The van der Waals surface area contributed by atoms with Crippen LogP contribution in [0.25, 0.3) is 21.7 Å². The highest BCUT2D eigenvalue weighted by Crippen LogP contribution is 2.24. The summed E-state index contributed by atoms with van der Waals surface area (Å²) >= 11 is 0. The van der Waals surface area contributed by atoms with E-state index < -0.39 is 11.5 Å². The molecule has 0 aliphatic rings. The Balaban J connectivity index is 1.73. The normalized spacial score (nSPS) is 10.9. The lowest BCUT2D eigenvalue weighted by molar-refractivity contribution is 0.0947. The van der Waals surface area contributed by atoms with Gasteiger partial charge in [-0.05, 0) is 40.6 Å². The minimum Gasteiger partial charge on any atom is -0.422 e. The fourth-order valence-electron chi connectivity index (χ4n) is 2.81. The van der Waals surface area contributed by atoms with Gasteiger partial charge in [0.25, 0.3) is 5.91 Å². The highest BCUT2D eigenvalue weighted by molar-refractivity contribution is 6.07. The fourth-order valence-corrected chi connectivity index (χ4v) is 2.81. The van der Waals surface area contributed by atoms with Crippen molar-refractivity contribution in [1.82, 2.24) is 10.3 Å². The van der Waals surface area contributed by atoms with Gasteiger partial charge in [-0.15, -0.1) is 0 Å². The first-order valence-electron chi connectivity index (χ1n) is 7.85. The Labute approximate surface area is 142 Å². The maximum atomic E-state index is 12.4. The van der Waals surface area contributed by atoms with Gasteiger partial charge >= 0.3 is 5.63 Å². The third-order valence-corrected chi connectivity index (χ3v) is 4.09. The third-order valence-electron chi connectivity index (χ3n) is 4.09. The van der Waals surface area contributed by atoms with E-state index >= 15 is 0 Å². The molecule has 2 aromatic carbocycles. The molecule has 4 rings (SSSR count). The summed E-state index contributed by atoms with van der Waals surface area (Å²) in [7, 11) is 0. The summed E-state index contributed by atoms with van der Waals surface area (Å²) in [6.07, 6.45) is 3.30. The van der Waals surface area contributed by atoms with Crippen LogP contribution in [0.15, 0.2) is 76.2 Å². The molecule has 4 aromatic rings. The predicted octanol–water partition coefficient (Wildman–Crippen LogP) is 3.27. The molecular formula is C20H14N2O3. The van der Waals surface area contributed by atoms with E-state index in [1.165, 1.54) is 0 Å². The molecule has 25 heavy (non-hydrogen) atoms. The van der Waals surface area contributed by atoms with Gasteiger partial charge in [0.05, 0.1) is 0 Å². The number of fused-ring (bicyclic) bond motifs is 3. The van der Waals surface area contributed by atoms with Crippen LogP contribution >= 0.6 is 0 Å². The first-order chi connectivity index (χ1) is 12.2. The molecule has 0 fully saturated rings. The lowest BCUT2D eigenvalue weighted by atomic mass is 10.0. The molecule has 5 heteroatoms. The van der Waals surface area contributed by atoms with Crippen LogP contribution in [0.1, 0.15) is 15.9 Å². The van der Waals surface area contributed by atoms with Crippen molar-refractivity contribution >= 4 is 27.6 Å². The predicted molar refractivity (Wildman–Crippen MR) is 95.4 cm³/mol. The second-order valence-corrected chi connectivity index (χ2v) is 5.68. The van der Waals surface area contributed by atoms with Gasteiger partial charge in [-0.2, -0.15) is 0 Å². The Morgan fingerprint density at radius 3 is 2.64 bits per heavy atom. The summed E-state index contributed by atoms with van der Waals surface area (Å²) in [6, 6.07) is 16.6. The molecule has 1 amide bonds. The van der Waals surface area contributed by atoms with Gasteiger partial charge in [-0.25, -0.2) is 4.79 Å². The number of carbonyl (C=O) groups excluding carboxylic acids is 1. The molecule has 0 radical (unpaired) electrons. The van der Waals surface area contributed by atoms with Crippen LogP contribution in [-0.4, -0.2) is 10.9 Å². The standard InChI is InChI=1S/C20H14N2O3/c23-19(22-12-13-7-9-21-10-8-13)17-11-16-15-4-2-1-3-14(15)5-6-18(16)25-20(17)24/h1-11H,12H2,(H,22,23). The maximum absolute atomic E-state index is 12.4. The van der Waals surface area contributed by atoms with Gasteiger partial charge in [0.2, 0.25) is 0 Å². The molecule has 5 nitrogen and oxygen atoms in total. The Bertz CT molecular complexity index is 1130. The lowest BCUT2D eigenvalue weighted by Gasteiger charge is -2.07. The zero-order valence-electron chi connectivity index (χ0n) is 13.2. The van der Waals surface area contributed by atoms with Crippen LogP contribution in [0.2, 0.25) is 0 Å². The highest BCUT2D eigenvalue weighted by atomic mass is 16.4. The monoisotopic (exact) mass is 330 g/mol. The van der Waals surface area contributed by atoms with Crippen molar-refractivity contribution in [2.75, 3.05) is 0 Å². The van der Waals surface area contributed by atoms with Crippen molar-refractivity contribution in [1.29, 1.82) is 0 Å². The number of benzene rings is 2. The van der Waals surface area contributed by atoms with Crippen LogP contribution < -0.4 is 10.9 Å². The van der Waals surface area contributed by atoms with E-state index in [0.29, 0.717) is 12.1 Å². The van der Waals surface area contributed by atoms with Crippen molar-refractivity contribution in [3.8, 4) is 0 Å². The van der Waals surface area contributed by atoms with Crippen molar-refractivity contribution < 1.29 is 9.21 Å². The minimum atomic E-state index is -0.644. The molecule has 0 saturated heterocycles. The van der Waals surface area contributed by atoms with Crippen LogP contribution in [0.5, 0.6) is 0 Å². The first kappa shape index (κ1) is 15.1. The lowest BCUT2D eigenvalue weighted by Crippen LogP contribution is -2.27. The van der Waals surface area contributed by atoms with Gasteiger partial charge in [-0.3, -0.25) is 9.78 Å². The molecule has 2 aromatic heterocycles. The van der Waals surface area contributed by atoms with E-state index in [-0.39, 0.29) is 5.56 Å². The van der Waals surface area contributed by atoms with Crippen molar-refractivity contribution in [2.24, 2.45) is 0 Å². The van der Waals surface area contributed by atoms with Crippen LogP contribution in [0.4, 0.5) is 0 Å². The van der Waals surface area contributed by atoms with Gasteiger partial charge in [0, 0.05) is 24.3 Å². The average Bonchev–Trinajstić information content (AvgIpc) is 2.66. The van der Waals surface area contributed by atoms with Crippen LogP contribution in [-0.2, 0) is 6.54 Å². The number of pyridine rings is 1. The summed E-state index contributed by atoms with van der Waals surface area (Å²) in [5.74, 6) is -0.458. The second-order valence-electron chi connectivity index (χ2n) is 5.68. The van der Waals surface area contributed by atoms with Gasteiger partial charge in [0.15, 0.2) is 0 Å². The number of nitrogens with one attached hydrogen (secondary N) is 1. The van der Waals surface area contributed by atoms with Crippen LogP contribution in [0.3, 0.4) is 0 Å². The Kier molecular flexibility index (Phi) is 3.74. The number of hydrogen-bond donors (Lipinski definition) is 1. The molecule has 0 unspecified atom stereocenters. The molecule has 2 heterocycles. The molecule has 0 bridgehead atoms. The molecule has 0 atom stereocenters. The molecule has 0 aliphatic carbocycles. The van der Waals surface area contributed by atoms with Crippen molar-refractivity contribution in [3.63, 3.8) is 0 Å². The van der Waals surface area contributed by atoms with E-state index in [4.69, 9.17) is 4.42 Å². The van der Waals surface area contributed by atoms with Crippen molar-refractivity contribution in [2.45, 2.75) is 6.54 Å². The van der Waals surface area contributed by atoms with Gasteiger partial charge in [-0.1, -0.05) is 30.3 Å². The van der Waals surface area contributed by atoms with Gasteiger partial charge in [0.1, 0.15) is 11.1 Å². The van der Waals surface area contributed by atoms with E-state index in [2.05, 4.69) is 10.3 Å².